The molecule has 3 fully saturated rings. The summed E-state index contributed by atoms with van der Waals surface area (Å²) >= 11 is 3.50. The lowest BCUT2D eigenvalue weighted by Gasteiger charge is -2.45. The van der Waals surface area contributed by atoms with Crippen LogP contribution in [0.25, 0.3) is 0 Å². The molecule has 1 atom stereocenters. The second-order valence-electron chi connectivity index (χ2n) is 12.3. The summed E-state index contributed by atoms with van der Waals surface area (Å²) in [5.41, 5.74) is 2.57. The molecule has 1 aromatic heterocycles. The molecule has 11 nitrogen and oxygen atoms in total. The number of halogens is 1. The Hall–Kier alpha value is -4.32. The Morgan fingerprint density at radius 3 is 2.44 bits per heavy atom. The summed E-state index contributed by atoms with van der Waals surface area (Å²) in [7, 11) is 0. The Balaban J connectivity index is 0.979. The first-order valence-corrected chi connectivity index (χ1v) is 16.2. The predicted molar refractivity (Wildman–Crippen MR) is 167 cm³/mol. The molecule has 2 N–H and O–H groups in total. The second-order valence-corrected chi connectivity index (χ2v) is 13.2. The van der Waals surface area contributed by atoms with Crippen LogP contribution in [0, 0.1) is 0 Å². The van der Waals surface area contributed by atoms with Gasteiger partial charge in [0.25, 0.3) is 11.8 Å². The fourth-order valence-electron chi connectivity index (χ4n) is 7.09. The summed E-state index contributed by atoms with van der Waals surface area (Å²) in [6.07, 6.45) is 8.42. The maximum absolute atomic E-state index is 13.7. The number of likely N-dealkylation sites (tertiary alicyclic amines) is 1. The third-order valence-electron chi connectivity index (χ3n) is 9.75. The van der Waals surface area contributed by atoms with Crippen LogP contribution in [0.1, 0.15) is 82.8 Å². The lowest BCUT2D eigenvalue weighted by molar-refractivity contribution is -0.142. The molecular formula is C33H33BrN6O5. The van der Waals surface area contributed by atoms with Crippen molar-refractivity contribution < 1.29 is 24.0 Å². The van der Waals surface area contributed by atoms with Crippen molar-refractivity contribution in [1.29, 1.82) is 0 Å². The van der Waals surface area contributed by atoms with E-state index >= 15 is 0 Å². The van der Waals surface area contributed by atoms with E-state index in [1.165, 1.54) is 0 Å². The molecule has 45 heavy (non-hydrogen) atoms. The minimum atomic E-state index is -1.01. The average molecular weight is 674 g/mol. The minimum absolute atomic E-state index is 0.0705. The third kappa shape index (κ3) is 5.14. The Morgan fingerprint density at radius 1 is 1.00 bits per heavy atom. The summed E-state index contributed by atoms with van der Waals surface area (Å²) < 4.78 is 2.97. The van der Waals surface area contributed by atoms with E-state index in [2.05, 4.69) is 43.8 Å². The molecule has 7 rings (SSSR count). The van der Waals surface area contributed by atoms with Crippen molar-refractivity contribution in [2.45, 2.75) is 69.0 Å². The lowest BCUT2D eigenvalue weighted by atomic mass is 9.63. The third-order valence-corrected chi connectivity index (χ3v) is 10.3. The number of fused-ring (bicyclic) bond motifs is 1. The van der Waals surface area contributed by atoms with Crippen LogP contribution in [-0.2, 0) is 26.3 Å². The van der Waals surface area contributed by atoms with Crippen molar-refractivity contribution in [3.63, 3.8) is 0 Å². The van der Waals surface area contributed by atoms with Gasteiger partial charge in [-0.05, 0) is 61.9 Å². The van der Waals surface area contributed by atoms with Gasteiger partial charge in [-0.25, -0.2) is 0 Å². The van der Waals surface area contributed by atoms with Gasteiger partial charge in [-0.3, -0.25) is 38.9 Å². The van der Waals surface area contributed by atoms with Gasteiger partial charge in [-0.15, -0.1) is 0 Å². The van der Waals surface area contributed by atoms with Crippen molar-refractivity contribution in [3.05, 3.63) is 81.6 Å². The van der Waals surface area contributed by atoms with E-state index in [1.54, 1.807) is 24.4 Å². The van der Waals surface area contributed by atoms with E-state index in [-0.39, 0.29) is 35.9 Å². The number of amides is 5. The maximum Gasteiger partial charge on any atom is 0.264 e. The zero-order valence-corrected chi connectivity index (χ0v) is 26.2. The normalized spacial score (nSPS) is 21.4. The highest BCUT2D eigenvalue weighted by Gasteiger charge is 2.48. The summed E-state index contributed by atoms with van der Waals surface area (Å²) in [6, 6.07) is 12.3. The van der Waals surface area contributed by atoms with Crippen LogP contribution in [0.15, 0.2) is 59.3 Å². The van der Waals surface area contributed by atoms with Gasteiger partial charge in [0, 0.05) is 48.0 Å². The Morgan fingerprint density at radius 2 is 1.76 bits per heavy atom. The van der Waals surface area contributed by atoms with Gasteiger partial charge in [0.05, 0.1) is 28.8 Å². The number of hydrogen-bond acceptors (Lipinski definition) is 7. The Kier molecular flexibility index (Phi) is 7.55. The van der Waals surface area contributed by atoms with E-state index < -0.39 is 35.1 Å². The first-order valence-electron chi connectivity index (χ1n) is 15.4. The lowest BCUT2D eigenvalue weighted by Crippen LogP contribution is -2.54. The largest absolute Gasteiger partial charge is 0.380 e. The molecule has 3 aromatic rings. The van der Waals surface area contributed by atoms with Crippen LogP contribution in [0.5, 0.6) is 0 Å². The van der Waals surface area contributed by atoms with Gasteiger partial charge in [0.2, 0.25) is 17.7 Å². The van der Waals surface area contributed by atoms with Crippen molar-refractivity contribution in [3.8, 4) is 0 Å². The zero-order valence-electron chi connectivity index (χ0n) is 24.6. The number of nitrogens with one attached hydrogen (secondary N) is 2. The summed E-state index contributed by atoms with van der Waals surface area (Å²) in [4.78, 5) is 67.2. The molecule has 12 heteroatoms. The van der Waals surface area contributed by atoms with Crippen LogP contribution in [-0.4, -0.2) is 68.2 Å². The SMILES string of the molecule is O=C1CCC(N2C(=O)c3cccc(NCc4cnn(C5CCN(C(=O)C6(c7ccc(Br)cc7)CCC6)CC5)c4)c3C2=O)C(=O)N1. The highest BCUT2D eigenvalue weighted by Crippen LogP contribution is 2.46. The molecule has 2 aromatic carbocycles. The van der Waals surface area contributed by atoms with E-state index in [9.17, 15) is 24.0 Å². The monoisotopic (exact) mass is 672 g/mol. The van der Waals surface area contributed by atoms with E-state index in [4.69, 9.17) is 0 Å². The molecule has 0 radical (unpaired) electrons. The number of hydrogen-bond donors (Lipinski definition) is 2. The van der Waals surface area contributed by atoms with Crippen LogP contribution in [0.2, 0.25) is 0 Å². The van der Waals surface area contributed by atoms with Gasteiger partial charge in [-0.2, -0.15) is 5.10 Å². The number of nitrogens with zero attached hydrogens (tertiary/aromatic N) is 4. The first-order chi connectivity index (χ1) is 21.7. The average Bonchev–Trinajstić information content (AvgIpc) is 3.59. The molecule has 1 aliphatic carbocycles. The molecule has 4 heterocycles. The van der Waals surface area contributed by atoms with Crippen LogP contribution in [0.3, 0.4) is 0 Å². The highest BCUT2D eigenvalue weighted by molar-refractivity contribution is 9.10. The number of aromatic nitrogens is 2. The summed E-state index contributed by atoms with van der Waals surface area (Å²) in [5, 5.41) is 10.1. The molecule has 0 spiro atoms. The molecule has 2 saturated heterocycles. The molecule has 5 amide bonds. The number of carbonyl (C=O) groups excluding carboxylic acids is 5. The maximum atomic E-state index is 13.7. The van der Waals surface area contributed by atoms with Gasteiger partial charge in [-0.1, -0.05) is 40.5 Å². The minimum Gasteiger partial charge on any atom is -0.380 e. The van der Waals surface area contributed by atoms with Crippen LogP contribution < -0.4 is 10.6 Å². The van der Waals surface area contributed by atoms with E-state index in [0.717, 1.165) is 52.6 Å². The molecule has 4 aliphatic rings. The quantitative estimate of drug-likeness (QED) is 0.363. The molecule has 1 unspecified atom stereocenters. The number of rotatable bonds is 7. The molecule has 3 aliphatic heterocycles. The predicted octanol–water partition coefficient (Wildman–Crippen LogP) is 3.94. The number of piperidine rings is 2. The molecule has 232 valence electrons. The summed E-state index contributed by atoms with van der Waals surface area (Å²) in [5.74, 6) is -1.89. The van der Waals surface area contributed by atoms with Crippen molar-refractivity contribution >= 4 is 51.2 Å². The van der Waals surface area contributed by atoms with Crippen LogP contribution >= 0.6 is 15.9 Å². The fraction of sp³-hybridized carbons (Fsp3) is 0.394. The van der Waals surface area contributed by atoms with Crippen molar-refractivity contribution in [1.82, 2.24) is 24.9 Å². The smallest absolute Gasteiger partial charge is 0.264 e. The topological polar surface area (TPSA) is 134 Å². The Bertz CT molecular complexity index is 1710. The standard InChI is InChI=1S/C33H33BrN6O5/c34-22-7-5-21(6-8-22)33(13-2-14-33)32(45)38-15-11-23(12-16-38)39-19-20(18-36-39)17-35-25-4-1-3-24-28(25)31(44)40(30(24)43)26-9-10-27(41)37-29(26)42/h1,3-8,18-19,23,26,35H,2,9-17H2,(H,37,41,42). The second kappa shape index (κ2) is 11.6. The molecular weight excluding hydrogens is 640 g/mol. The van der Waals surface area contributed by atoms with E-state index in [1.807, 2.05) is 27.9 Å². The fourth-order valence-corrected chi connectivity index (χ4v) is 7.35. The molecule has 0 bridgehead atoms. The van der Waals surface area contributed by atoms with E-state index in [0.29, 0.717) is 25.3 Å². The molecule has 1 saturated carbocycles. The highest BCUT2D eigenvalue weighted by atomic mass is 79.9. The number of benzene rings is 2. The Labute approximate surface area is 268 Å². The first kappa shape index (κ1) is 29.4. The van der Waals surface area contributed by atoms with Crippen LogP contribution in [0.4, 0.5) is 5.69 Å². The van der Waals surface area contributed by atoms with Crippen molar-refractivity contribution in [2.24, 2.45) is 0 Å². The number of carbonyl (C=O) groups is 5. The van der Waals surface area contributed by atoms with Gasteiger partial charge in [0.1, 0.15) is 6.04 Å². The number of anilines is 1. The van der Waals surface area contributed by atoms with Gasteiger partial charge in [0.15, 0.2) is 0 Å². The zero-order chi connectivity index (χ0) is 31.3. The van der Waals surface area contributed by atoms with Crippen molar-refractivity contribution in [2.75, 3.05) is 18.4 Å². The summed E-state index contributed by atoms with van der Waals surface area (Å²) in [6.45, 7) is 1.75. The van der Waals surface area contributed by atoms with Gasteiger partial charge < -0.3 is 10.2 Å². The number of imide groups is 2. The van der Waals surface area contributed by atoms with Gasteiger partial charge >= 0.3 is 0 Å².